The van der Waals surface area contributed by atoms with Crippen LogP contribution in [0.4, 0.5) is 0 Å². The van der Waals surface area contributed by atoms with Gasteiger partial charge in [-0.05, 0) is 69.9 Å². The quantitative estimate of drug-likeness (QED) is 0.227. The van der Waals surface area contributed by atoms with Gasteiger partial charge < -0.3 is 23.7 Å². The summed E-state index contributed by atoms with van der Waals surface area (Å²) in [5.74, 6) is 1.02. The summed E-state index contributed by atoms with van der Waals surface area (Å²) in [5, 5.41) is 14.8. The van der Waals surface area contributed by atoms with Crippen LogP contribution in [-0.4, -0.2) is 44.5 Å². The lowest BCUT2D eigenvalue weighted by atomic mass is 9.99. The van der Waals surface area contributed by atoms with Gasteiger partial charge in [0.1, 0.15) is 22.9 Å². The first-order valence-electron chi connectivity index (χ1n) is 13.3. The van der Waals surface area contributed by atoms with E-state index in [0.717, 1.165) is 52.0 Å². The third-order valence-electron chi connectivity index (χ3n) is 7.50. The van der Waals surface area contributed by atoms with Gasteiger partial charge in [-0.3, -0.25) is 4.98 Å². The highest BCUT2D eigenvalue weighted by atomic mass is 16.5. The highest BCUT2D eigenvalue weighted by Gasteiger charge is 2.27. The molecule has 6 rings (SSSR count). The van der Waals surface area contributed by atoms with Crippen molar-refractivity contribution in [2.75, 3.05) is 13.7 Å². The molecule has 0 amide bonds. The van der Waals surface area contributed by atoms with Crippen molar-refractivity contribution in [3.63, 3.8) is 0 Å². The van der Waals surface area contributed by atoms with Crippen molar-refractivity contribution in [3.05, 3.63) is 77.7 Å². The maximum absolute atomic E-state index is 12.0. The van der Waals surface area contributed by atoms with Crippen LogP contribution in [0.25, 0.3) is 33.3 Å². The molecular weight excluding hydrogens is 508 g/mol. The van der Waals surface area contributed by atoms with Crippen LogP contribution in [0.3, 0.4) is 0 Å². The summed E-state index contributed by atoms with van der Waals surface area (Å²) < 4.78 is 19.6. The number of hydrogen-bond donors (Lipinski definition) is 1. The first-order valence-corrected chi connectivity index (χ1v) is 13.3. The molecule has 4 aromatic heterocycles. The summed E-state index contributed by atoms with van der Waals surface area (Å²) in [6.45, 7) is 6.38. The first-order chi connectivity index (χ1) is 19.4. The highest BCUT2D eigenvalue weighted by molar-refractivity contribution is 6.01. The number of hydrogen-bond acceptors (Lipinski definition) is 7. The van der Waals surface area contributed by atoms with Crippen molar-refractivity contribution in [1.82, 2.24) is 19.7 Å². The Morgan fingerprint density at radius 3 is 2.60 bits per heavy atom. The monoisotopic (exact) mass is 538 g/mol. The molecule has 0 bridgehead atoms. The van der Waals surface area contributed by atoms with Crippen LogP contribution in [0.5, 0.6) is 11.5 Å². The van der Waals surface area contributed by atoms with Gasteiger partial charge in [0.15, 0.2) is 0 Å². The molecular formula is C31H30N4O5. The van der Waals surface area contributed by atoms with Gasteiger partial charge in [0, 0.05) is 40.7 Å². The lowest BCUT2D eigenvalue weighted by molar-refractivity contribution is 0.0696. The maximum Gasteiger partial charge on any atom is 0.335 e. The number of carboxylic acids is 1. The molecule has 1 aliphatic rings. The van der Waals surface area contributed by atoms with Gasteiger partial charge >= 0.3 is 5.97 Å². The van der Waals surface area contributed by atoms with E-state index in [-0.39, 0.29) is 11.6 Å². The molecule has 204 valence electrons. The van der Waals surface area contributed by atoms with Crippen molar-refractivity contribution < 1.29 is 23.9 Å². The summed E-state index contributed by atoms with van der Waals surface area (Å²) in [4.78, 5) is 21.5. The Labute approximate surface area is 231 Å². The summed E-state index contributed by atoms with van der Waals surface area (Å²) in [6, 6.07) is 10.9. The maximum atomic E-state index is 12.0. The number of aromatic nitrogens is 4. The molecule has 1 fully saturated rings. The number of carboxylic acid groups (broad SMARTS) is 1. The zero-order valence-electron chi connectivity index (χ0n) is 22.8. The van der Waals surface area contributed by atoms with Crippen LogP contribution in [0.2, 0.25) is 0 Å². The number of aromatic carboxylic acids is 1. The molecule has 0 spiro atoms. The molecule has 0 saturated heterocycles. The molecule has 4 heterocycles. The predicted octanol–water partition coefficient (Wildman–Crippen LogP) is 6.48. The molecule has 1 aliphatic carbocycles. The Hall–Kier alpha value is -4.66. The number of methoxy groups -OCH3 is 1. The van der Waals surface area contributed by atoms with E-state index in [2.05, 4.69) is 27.7 Å². The van der Waals surface area contributed by atoms with Crippen LogP contribution >= 0.6 is 0 Å². The Morgan fingerprint density at radius 1 is 1.15 bits per heavy atom. The minimum Gasteiger partial charge on any atom is -0.496 e. The van der Waals surface area contributed by atoms with Crippen LogP contribution in [0, 0.1) is 19.8 Å². The third kappa shape index (κ3) is 4.57. The van der Waals surface area contributed by atoms with Gasteiger partial charge in [0.25, 0.3) is 0 Å². The molecule has 5 aromatic rings. The number of pyridine rings is 2. The van der Waals surface area contributed by atoms with Crippen molar-refractivity contribution in [3.8, 4) is 33.8 Å². The summed E-state index contributed by atoms with van der Waals surface area (Å²) in [5.41, 5.74) is 5.78. The molecule has 0 unspecified atom stereocenters. The van der Waals surface area contributed by atoms with Gasteiger partial charge in [-0.25, -0.2) is 9.78 Å². The zero-order chi connectivity index (χ0) is 28.0. The largest absolute Gasteiger partial charge is 0.496 e. The molecule has 9 heteroatoms. The minimum atomic E-state index is -1.05. The van der Waals surface area contributed by atoms with E-state index in [0.29, 0.717) is 35.3 Å². The molecule has 0 radical (unpaired) electrons. The number of rotatable bonds is 9. The fraction of sp³-hybridized carbons (Fsp3) is 0.290. The molecule has 9 nitrogen and oxygen atoms in total. The SMILES string of the molecule is COc1cc(C(=O)O)cc(OCC2CC2)c1-c1cn([C@@H](C)c2ccccn2)c2ncc(-c3c(C)noc3C)cc12. The van der Waals surface area contributed by atoms with E-state index in [9.17, 15) is 9.90 Å². The molecule has 1 saturated carbocycles. The number of carbonyl (C=O) groups is 1. The van der Waals surface area contributed by atoms with Crippen molar-refractivity contribution in [2.24, 2.45) is 5.92 Å². The second kappa shape index (κ2) is 10.1. The minimum absolute atomic E-state index is 0.103. The fourth-order valence-corrected chi connectivity index (χ4v) is 5.17. The second-order valence-electron chi connectivity index (χ2n) is 10.3. The van der Waals surface area contributed by atoms with Gasteiger partial charge in [-0.15, -0.1) is 0 Å². The predicted molar refractivity (Wildman–Crippen MR) is 150 cm³/mol. The van der Waals surface area contributed by atoms with Gasteiger partial charge in [-0.2, -0.15) is 0 Å². The molecule has 1 N–H and O–H groups in total. The summed E-state index contributed by atoms with van der Waals surface area (Å²) >= 11 is 0. The van der Waals surface area contributed by atoms with Crippen molar-refractivity contribution >= 4 is 17.0 Å². The van der Waals surface area contributed by atoms with Gasteiger partial charge in [0.2, 0.25) is 0 Å². The first kappa shape index (κ1) is 25.6. The van der Waals surface area contributed by atoms with E-state index in [1.165, 1.54) is 0 Å². The van der Waals surface area contributed by atoms with Crippen LogP contribution in [0.1, 0.15) is 53.3 Å². The average Bonchev–Trinajstić information content (AvgIpc) is 3.64. The molecule has 0 aliphatic heterocycles. The highest BCUT2D eigenvalue weighted by Crippen LogP contribution is 2.46. The number of ether oxygens (including phenoxy) is 2. The van der Waals surface area contributed by atoms with Gasteiger partial charge in [0.05, 0.1) is 42.3 Å². The lowest BCUT2D eigenvalue weighted by Gasteiger charge is -2.16. The van der Waals surface area contributed by atoms with Gasteiger partial charge in [-0.1, -0.05) is 11.2 Å². The normalized spacial score (nSPS) is 13.9. The van der Waals surface area contributed by atoms with E-state index in [4.69, 9.17) is 19.0 Å². The van der Waals surface area contributed by atoms with E-state index >= 15 is 0 Å². The summed E-state index contributed by atoms with van der Waals surface area (Å²) in [6.07, 6.45) is 7.85. The van der Waals surface area contributed by atoms with Crippen LogP contribution in [-0.2, 0) is 0 Å². The second-order valence-corrected chi connectivity index (χ2v) is 10.3. The Balaban J connectivity index is 1.62. The summed E-state index contributed by atoms with van der Waals surface area (Å²) in [7, 11) is 1.54. The Kier molecular flexibility index (Phi) is 6.50. The van der Waals surface area contributed by atoms with E-state index in [1.54, 1.807) is 25.4 Å². The Morgan fingerprint density at radius 2 is 1.95 bits per heavy atom. The standard InChI is InChI=1S/C31H30N4O5/c1-17-28(19(3)40-34-17)22-11-23-24(15-35(30(23)33-14-22)18(2)25-7-5-6-10-32-25)29-26(38-4)12-21(31(36)37)13-27(29)39-16-20-8-9-20/h5-7,10-15,18,20H,8-9,16H2,1-4H3,(H,36,37)/t18-/m0/s1. The van der Waals surface area contributed by atoms with Crippen LogP contribution in [0.15, 0.2) is 59.5 Å². The number of aryl methyl sites for hydroxylation is 2. The molecule has 1 atom stereocenters. The smallest absolute Gasteiger partial charge is 0.335 e. The Bertz CT molecular complexity index is 1700. The lowest BCUT2D eigenvalue weighted by Crippen LogP contribution is -2.08. The third-order valence-corrected chi connectivity index (χ3v) is 7.50. The molecule has 40 heavy (non-hydrogen) atoms. The zero-order valence-corrected chi connectivity index (χ0v) is 22.8. The molecule has 1 aromatic carbocycles. The van der Waals surface area contributed by atoms with Crippen molar-refractivity contribution in [1.29, 1.82) is 0 Å². The average molecular weight is 539 g/mol. The van der Waals surface area contributed by atoms with E-state index < -0.39 is 5.97 Å². The number of nitrogens with zero attached hydrogens (tertiary/aromatic N) is 4. The number of benzene rings is 1. The van der Waals surface area contributed by atoms with Crippen LogP contribution < -0.4 is 9.47 Å². The fourth-order valence-electron chi connectivity index (χ4n) is 5.17. The number of fused-ring (bicyclic) bond motifs is 1. The van der Waals surface area contributed by atoms with Crippen molar-refractivity contribution in [2.45, 2.75) is 39.7 Å². The topological polar surface area (TPSA) is 113 Å². The van der Waals surface area contributed by atoms with E-state index in [1.807, 2.05) is 44.4 Å².